The van der Waals surface area contributed by atoms with Crippen LogP contribution < -0.4 is 10.5 Å². The summed E-state index contributed by atoms with van der Waals surface area (Å²) in [5.41, 5.74) is 9.30. The van der Waals surface area contributed by atoms with Crippen LogP contribution in [0, 0.1) is 12.7 Å². The molecule has 1 atom stereocenters. The zero-order chi connectivity index (χ0) is 14.7. The first-order chi connectivity index (χ1) is 9.51. The molecule has 0 aliphatic heterocycles. The van der Waals surface area contributed by atoms with Gasteiger partial charge < -0.3 is 10.5 Å². The molecule has 1 unspecified atom stereocenters. The van der Waals surface area contributed by atoms with Gasteiger partial charge in [0.25, 0.3) is 0 Å². The zero-order valence-electron chi connectivity index (χ0n) is 11.5. The summed E-state index contributed by atoms with van der Waals surface area (Å²) in [5, 5.41) is 0. The first-order valence-corrected chi connectivity index (χ1v) is 7.14. The molecule has 0 aromatic heterocycles. The van der Waals surface area contributed by atoms with E-state index in [0.29, 0.717) is 10.9 Å². The highest BCUT2D eigenvalue weighted by atomic mass is 79.9. The van der Waals surface area contributed by atoms with Crippen molar-refractivity contribution < 1.29 is 9.13 Å². The molecule has 0 aliphatic rings. The van der Waals surface area contributed by atoms with Gasteiger partial charge in [-0.25, -0.2) is 4.39 Å². The Bertz CT molecular complexity index is 615. The van der Waals surface area contributed by atoms with Crippen molar-refractivity contribution in [2.24, 2.45) is 5.73 Å². The van der Waals surface area contributed by atoms with Gasteiger partial charge in [0.1, 0.15) is 11.6 Å². The Hall–Kier alpha value is -1.39. The number of benzene rings is 2. The molecule has 106 valence electrons. The van der Waals surface area contributed by atoms with Crippen LogP contribution in [0.15, 0.2) is 40.9 Å². The highest BCUT2D eigenvalue weighted by Gasteiger charge is 2.10. The fourth-order valence-electron chi connectivity index (χ4n) is 2.11. The topological polar surface area (TPSA) is 35.2 Å². The van der Waals surface area contributed by atoms with Crippen molar-refractivity contribution in [2.75, 3.05) is 7.11 Å². The average Bonchev–Trinajstić information content (AvgIpc) is 2.43. The summed E-state index contributed by atoms with van der Waals surface area (Å²) in [6.07, 6.45) is 0.644. The minimum atomic E-state index is -0.265. The fourth-order valence-corrected chi connectivity index (χ4v) is 2.53. The second kappa shape index (κ2) is 6.37. The van der Waals surface area contributed by atoms with Crippen molar-refractivity contribution in [1.82, 2.24) is 0 Å². The lowest BCUT2D eigenvalue weighted by molar-refractivity contribution is 0.410. The number of halogens is 2. The smallest absolute Gasteiger partial charge is 0.137 e. The van der Waals surface area contributed by atoms with Crippen molar-refractivity contribution in [3.63, 3.8) is 0 Å². The van der Waals surface area contributed by atoms with Crippen molar-refractivity contribution in [1.29, 1.82) is 0 Å². The maximum Gasteiger partial charge on any atom is 0.137 e. The average molecular weight is 338 g/mol. The van der Waals surface area contributed by atoms with Crippen LogP contribution in [-0.2, 0) is 6.42 Å². The van der Waals surface area contributed by atoms with Gasteiger partial charge in [0.05, 0.1) is 11.6 Å². The molecule has 0 aliphatic carbocycles. The number of aryl methyl sites for hydroxylation is 1. The largest absolute Gasteiger partial charge is 0.496 e. The van der Waals surface area contributed by atoms with Crippen LogP contribution in [0.1, 0.15) is 22.7 Å². The molecule has 2 aromatic carbocycles. The molecule has 0 amide bonds. The number of rotatable bonds is 4. The number of hydrogen-bond donors (Lipinski definition) is 1. The van der Waals surface area contributed by atoms with E-state index in [1.807, 2.05) is 25.1 Å². The first kappa shape index (κ1) is 15.0. The van der Waals surface area contributed by atoms with Crippen LogP contribution >= 0.6 is 15.9 Å². The number of methoxy groups -OCH3 is 1. The Kier molecular flexibility index (Phi) is 4.78. The van der Waals surface area contributed by atoms with Crippen molar-refractivity contribution in [2.45, 2.75) is 19.4 Å². The fraction of sp³-hybridized carbons (Fsp3) is 0.250. The van der Waals surface area contributed by atoms with E-state index >= 15 is 0 Å². The van der Waals surface area contributed by atoms with E-state index in [-0.39, 0.29) is 11.9 Å². The van der Waals surface area contributed by atoms with Crippen molar-refractivity contribution >= 4 is 15.9 Å². The Morgan fingerprint density at radius 3 is 2.65 bits per heavy atom. The minimum absolute atomic E-state index is 0.151. The zero-order valence-corrected chi connectivity index (χ0v) is 13.1. The molecule has 0 spiro atoms. The van der Waals surface area contributed by atoms with Crippen molar-refractivity contribution in [3.05, 3.63) is 63.4 Å². The van der Waals surface area contributed by atoms with E-state index in [9.17, 15) is 4.39 Å². The summed E-state index contributed by atoms with van der Waals surface area (Å²) in [6.45, 7) is 1.99. The second-order valence-corrected chi connectivity index (χ2v) is 5.64. The minimum Gasteiger partial charge on any atom is -0.496 e. The van der Waals surface area contributed by atoms with Gasteiger partial charge in [0.15, 0.2) is 0 Å². The summed E-state index contributed by atoms with van der Waals surface area (Å²) in [5.74, 6) is 0.567. The predicted octanol–water partition coefficient (Wildman–Crippen LogP) is 4.15. The molecule has 0 fully saturated rings. The molecule has 0 radical (unpaired) electrons. The molecule has 0 saturated carbocycles. The SMILES string of the molecule is COc1cc(C(N)Cc2ccc(F)c(Br)c2)ccc1C. The van der Waals surface area contributed by atoms with Gasteiger partial charge in [-0.1, -0.05) is 18.2 Å². The molecule has 0 heterocycles. The van der Waals surface area contributed by atoms with Gasteiger partial charge in [-0.15, -0.1) is 0 Å². The normalized spacial score (nSPS) is 12.2. The Labute approximate surface area is 126 Å². The summed E-state index contributed by atoms with van der Waals surface area (Å²) in [4.78, 5) is 0. The lowest BCUT2D eigenvalue weighted by Gasteiger charge is -2.15. The Balaban J connectivity index is 2.19. The quantitative estimate of drug-likeness (QED) is 0.909. The van der Waals surface area contributed by atoms with Gasteiger partial charge in [0.2, 0.25) is 0 Å². The molecular weight excluding hydrogens is 321 g/mol. The molecule has 20 heavy (non-hydrogen) atoms. The third kappa shape index (κ3) is 3.38. The van der Waals surface area contributed by atoms with Gasteiger partial charge in [-0.05, 0) is 64.2 Å². The molecule has 2 nitrogen and oxygen atoms in total. The number of hydrogen-bond acceptors (Lipinski definition) is 2. The first-order valence-electron chi connectivity index (χ1n) is 6.35. The van der Waals surface area contributed by atoms with Crippen LogP contribution in [0.5, 0.6) is 5.75 Å². The van der Waals surface area contributed by atoms with E-state index in [0.717, 1.165) is 22.4 Å². The number of nitrogens with two attached hydrogens (primary N) is 1. The summed E-state index contributed by atoms with van der Waals surface area (Å²) < 4.78 is 19.0. The van der Waals surface area contributed by atoms with E-state index in [1.165, 1.54) is 6.07 Å². The lowest BCUT2D eigenvalue weighted by Crippen LogP contribution is -2.13. The molecule has 2 N–H and O–H groups in total. The maximum atomic E-state index is 13.2. The predicted molar refractivity (Wildman–Crippen MR) is 82.5 cm³/mol. The Morgan fingerprint density at radius 1 is 1.25 bits per heavy atom. The Morgan fingerprint density at radius 2 is 2.00 bits per heavy atom. The highest BCUT2D eigenvalue weighted by molar-refractivity contribution is 9.10. The highest BCUT2D eigenvalue weighted by Crippen LogP contribution is 2.25. The summed E-state index contributed by atoms with van der Waals surface area (Å²) in [6, 6.07) is 10.8. The number of ether oxygens (including phenoxy) is 1. The third-order valence-corrected chi connectivity index (χ3v) is 3.91. The summed E-state index contributed by atoms with van der Waals surface area (Å²) in [7, 11) is 1.65. The molecule has 0 bridgehead atoms. The van der Waals surface area contributed by atoms with Crippen LogP contribution in [0.25, 0.3) is 0 Å². The van der Waals surface area contributed by atoms with E-state index in [1.54, 1.807) is 19.2 Å². The monoisotopic (exact) mass is 337 g/mol. The molecule has 2 aromatic rings. The van der Waals surface area contributed by atoms with Gasteiger partial charge >= 0.3 is 0 Å². The molecule has 4 heteroatoms. The summed E-state index contributed by atoms with van der Waals surface area (Å²) >= 11 is 3.19. The lowest BCUT2D eigenvalue weighted by atomic mass is 9.98. The molecule has 2 rings (SSSR count). The van der Waals surface area contributed by atoms with E-state index in [2.05, 4.69) is 15.9 Å². The van der Waals surface area contributed by atoms with Crippen LogP contribution in [0.4, 0.5) is 4.39 Å². The van der Waals surface area contributed by atoms with Gasteiger partial charge in [0, 0.05) is 6.04 Å². The van der Waals surface area contributed by atoms with E-state index < -0.39 is 0 Å². The van der Waals surface area contributed by atoms with Gasteiger partial charge in [-0.3, -0.25) is 0 Å². The third-order valence-electron chi connectivity index (χ3n) is 3.30. The maximum absolute atomic E-state index is 13.2. The molecular formula is C16H17BrFNO. The van der Waals surface area contributed by atoms with E-state index in [4.69, 9.17) is 10.5 Å². The van der Waals surface area contributed by atoms with Crippen LogP contribution in [0.3, 0.4) is 0 Å². The van der Waals surface area contributed by atoms with Crippen molar-refractivity contribution in [3.8, 4) is 5.75 Å². The standard InChI is InChI=1S/C16H17BrFNO/c1-10-3-5-12(9-16(10)20-2)15(19)8-11-4-6-14(18)13(17)7-11/h3-7,9,15H,8,19H2,1-2H3. The second-order valence-electron chi connectivity index (χ2n) is 4.79. The molecule has 0 saturated heterocycles. The van der Waals surface area contributed by atoms with Crippen LogP contribution in [0.2, 0.25) is 0 Å². The van der Waals surface area contributed by atoms with Gasteiger partial charge in [-0.2, -0.15) is 0 Å². The van der Waals surface area contributed by atoms with Crippen LogP contribution in [-0.4, -0.2) is 7.11 Å².